The van der Waals surface area contributed by atoms with Gasteiger partial charge in [0.05, 0.1) is 5.75 Å². The fourth-order valence-corrected chi connectivity index (χ4v) is 1.80. The number of rotatable bonds is 11. The molecule has 1 N–H and O–H groups in total. The van der Waals surface area contributed by atoms with Crippen LogP contribution in [0.15, 0.2) is 0 Å². The van der Waals surface area contributed by atoms with Crippen molar-refractivity contribution >= 4 is 16.0 Å². The lowest BCUT2D eigenvalue weighted by atomic mass is 10.1. The first kappa shape index (κ1) is 17.4. The number of hydrogen-bond donors (Lipinski definition) is 1. The molecule has 5 nitrogen and oxygen atoms in total. The molecular formula is C12H25NO4S. The first-order chi connectivity index (χ1) is 8.52. The fraction of sp³-hybridized carbons (Fsp3) is 0.917. The fourth-order valence-electron chi connectivity index (χ4n) is 1.46. The minimum absolute atomic E-state index is 0.148. The van der Waals surface area contributed by atoms with E-state index in [0.29, 0.717) is 6.42 Å². The summed E-state index contributed by atoms with van der Waals surface area (Å²) < 4.78 is 26.2. The predicted octanol–water partition coefficient (Wildman–Crippen LogP) is 2.52. The molecule has 108 valence electrons. The van der Waals surface area contributed by atoms with Gasteiger partial charge in [0, 0.05) is 6.42 Å². The second-order valence-corrected chi connectivity index (χ2v) is 6.19. The van der Waals surface area contributed by atoms with E-state index in [0.717, 1.165) is 19.3 Å². The van der Waals surface area contributed by atoms with Gasteiger partial charge in [-0.05, 0) is 13.3 Å². The van der Waals surface area contributed by atoms with Crippen LogP contribution in [0.3, 0.4) is 0 Å². The van der Waals surface area contributed by atoms with Gasteiger partial charge >= 0.3 is 0 Å². The number of carbonyl (C=O) groups is 1. The van der Waals surface area contributed by atoms with Crippen molar-refractivity contribution in [2.24, 2.45) is 0 Å². The van der Waals surface area contributed by atoms with E-state index >= 15 is 0 Å². The third kappa shape index (κ3) is 10.5. The molecule has 0 aromatic heterocycles. The molecule has 0 unspecified atom stereocenters. The summed E-state index contributed by atoms with van der Waals surface area (Å²) in [4.78, 5) is 11.2. The van der Waals surface area contributed by atoms with Gasteiger partial charge in [-0.15, -0.1) is 4.28 Å². The Morgan fingerprint density at radius 1 is 1.00 bits per heavy atom. The molecular weight excluding hydrogens is 254 g/mol. The molecule has 1 amide bonds. The number of hydrogen-bond acceptors (Lipinski definition) is 4. The molecule has 0 bridgehead atoms. The topological polar surface area (TPSA) is 72.5 Å². The van der Waals surface area contributed by atoms with Gasteiger partial charge in [-0.3, -0.25) is 4.79 Å². The van der Waals surface area contributed by atoms with Crippen LogP contribution in [0.1, 0.15) is 65.2 Å². The minimum Gasteiger partial charge on any atom is -0.273 e. The highest BCUT2D eigenvalue weighted by molar-refractivity contribution is 7.86. The molecule has 0 rings (SSSR count). The summed E-state index contributed by atoms with van der Waals surface area (Å²) in [6.07, 6.45) is 8.16. The number of hydroxylamine groups is 1. The molecule has 0 aliphatic rings. The summed E-state index contributed by atoms with van der Waals surface area (Å²) in [7, 11) is -3.59. The van der Waals surface area contributed by atoms with Crippen molar-refractivity contribution in [2.75, 3.05) is 5.75 Å². The van der Waals surface area contributed by atoms with E-state index in [9.17, 15) is 13.2 Å². The monoisotopic (exact) mass is 279 g/mol. The van der Waals surface area contributed by atoms with Crippen LogP contribution >= 0.6 is 0 Å². The van der Waals surface area contributed by atoms with E-state index < -0.39 is 10.1 Å². The van der Waals surface area contributed by atoms with Crippen LogP contribution in [0.5, 0.6) is 0 Å². The van der Waals surface area contributed by atoms with Gasteiger partial charge < -0.3 is 0 Å². The Morgan fingerprint density at radius 3 is 2.11 bits per heavy atom. The molecule has 0 aromatic rings. The zero-order valence-electron chi connectivity index (χ0n) is 11.4. The summed E-state index contributed by atoms with van der Waals surface area (Å²) in [5, 5.41) is 0. The average molecular weight is 279 g/mol. The lowest BCUT2D eigenvalue weighted by molar-refractivity contribution is -0.127. The van der Waals surface area contributed by atoms with Gasteiger partial charge in [-0.2, -0.15) is 8.42 Å². The molecule has 0 saturated heterocycles. The molecule has 0 aromatic carbocycles. The van der Waals surface area contributed by atoms with Crippen LogP contribution < -0.4 is 5.48 Å². The number of amides is 1. The highest BCUT2D eigenvalue weighted by Gasteiger charge is 2.10. The molecule has 6 heteroatoms. The van der Waals surface area contributed by atoms with Gasteiger partial charge in [-0.25, -0.2) is 5.48 Å². The van der Waals surface area contributed by atoms with Crippen LogP contribution in [-0.4, -0.2) is 20.1 Å². The molecule has 0 atom stereocenters. The normalized spacial score (nSPS) is 11.4. The Morgan fingerprint density at radius 2 is 1.56 bits per heavy atom. The quantitative estimate of drug-likeness (QED) is 0.466. The van der Waals surface area contributed by atoms with Crippen LogP contribution in [0.4, 0.5) is 0 Å². The van der Waals surface area contributed by atoms with Crippen molar-refractivity contribution < 1.29 is 17.5 Å². The zero-order valence-corrected chi connectivity index (χ0v) is 12.2. The number of nitrogens with one attached hydrogen (secondary N) is 1. The first-order valence-corrected chi connectivity index (χ1v) is 8.29. The summed E-state index contributed by atoms with van der Waals surface area (Å²) in [6, 6.07) is 0. The van der Waals surface area contributed by atoms with Gasteiger partial charge in [0.2, 0.25) is 5.91 Å². The minimum atomic E-state index is -3.59. The van der Waals surface area contributed by atoms with Crippen molar-refractivity contribution in [3.8, 4) is 0 Å². The van der Waals surface area contributed by atoms with Crippen LogP contribution in [0.2, 0.25) is 0 Å². The summed E-state index contributed by atoms with van der Waals surface area (Å²) in [5.41, 5.74) is 1.96. The van der Waals surface area contributed by atoms with Gasteiger partial charge in [0.1, 0.15) is 0 Å². The molecule has 0 aliphatic carbocycles. The largest absolute Gasteiger partial charge is 0.287 e. The highest BCUT2D eigenvalue weighted by atomic mass is 32.2. The second kappa shape index (κ2) is 10.3. The highest BCUT2D eigenvalue weighted by Crippen LogP contribution is 2.08. The maximum Gasteiger partial charge on any atom is 0.287 e. The lowest BCUT2D eigenvalue weighted by Gasteiger charge is -2.04. The number of carbonyl (C=O) groups excluding carboxylic acids is 1. The van der Waals surface area contributed by atoms with Gasteiger partial charge in [0.15, 0.2) is 0 Å². The summed E-state index contributed by atoms with van der Waals surface area (Å²) in [5.74, 6) is -0.523. The third-order valence-corrected chi connectivity index (χ3v) is 3.69. The van der Waals surface area contributed by atoms with E-state index in [4.69, 9.17) is 0 Å². The Balaban J connectivity index is 3.43. The average Bonchev–Trinajstić information content (AvgIpc) is 2.35. The van der Waals surface area contributed by atoms with Crippen molar-refractivity contribution in [1.82, 2.24) is 5.48 Å². The maximum absolute atomic E-state index is 11.2. The van der Waals surface area contributed by atoms with Gasteiger partial charge in [-0.1, -0.05) is 45.4 Å². The second-order valence-electron chi connectivity index (χ2n) is 4.33. The van der Waals surface area contributed by atoms with E-state index in [1.54, 1.807) is 0 Å². The van der Waals surface area contributed by atoms with Crippen LogP contribution in [0, 0.1) is 0 Å². The Kier molecular flexibility index (Phi) is 9.96. The molecule has 0 fully saturated rings. The van der Waals surface area contributed by atoms with Crippen molar-refractivity contribution in [3.63, 3.8) is 0 Å². The van der Waals surface area contributed by atoms with Crippen molar-refractivity contribution in [2.45, 2.75) is 65.2 Å². The lowest BCUT2D eigenvalue weighted by Crippen LogP contribution is -2.27. The van der Waals surface area contributed by atoms with E-state index in [1.807, 2.05) is 5.48 Å². The molecule has 0 aliphatic heterocycles. The summed E-state index contributed by atoms with van der Waals surface area (Å²) in [6.45, 7) is 3.63. The molecule has 0 heterocycles. The molecule has 0 saturated carbocycles. The smallest absolute Gasteiger partial charge is 0.273 e. The standard InChI is InChI=1S/C12H25NO4S/c1-3-5-6-7-8-9-10-11-12(14)13-17-18(15,16)4-2/h3-11H2,1-2H3,(H,13,14). The number of unbranched alkanes of at least 4 members (excludes halogenated alkanes) is 6. The maximum atomic E-state index is 11.2. The van der Waals surface area contributed by atoms with Crippen molar-refractivity contribution in [3.05, 3.63) is 0 Å². The summed E-state index contributed by atoms with van der Waals surface area (Å²) >= 11 is 0. The van der Waals surface area contributed by atoms with E-state index in [2.05, 4.69) is 11.2 Å². The van der Waals surface area contributed by atoms with Crippen LogP contribution in [0.25, 0.3) is 0 Å². The van der Waals surface area contributed by atoms with Gasteiger partial charge in [0.25, 0.3) is 10.1 Å². The Bertz CT molecular complexity index is 314. The predicted molar refractivity (Wildman–Crippen MR) is 71.3 cm³/mol. The Hall–Kier alpha value is -0.620. The zero-order chi connectivity index (χ0) is 13.9. The van der Waals surface area contributed by atoms with Crippen molar-refractivity contribution in [1.29, 1.82) is 0 Å². The van der Waals surface area contributed by atoms with Crippen LogP contribution in [-0.2, 0) is 19.2 Å². The Labute approximate surface area is 110 Å². The van der Waals surface area contributed by atoms with E-state index in [-0.39, 0.29) is 11.7 Å². The molecule has 0 spiro atoms. The third-order valence-electron chi connectivity index (χ3n) is 2.64. The SMILES string of the molecule is CCCCCCCCCC(=O)NOS(=O)(=O)CC. The van der Waals surface area contributed by atoms with E-state index in [1.165, 1.54) is 32.6 Å². The molecule has 18 heavy (non-hydrogen) atoms. The molecule has 0 radical (unpaired) electrons. The first-order valence-electron chi connectivity index (χ1n) is 6.71.